The molecule has 0 spiro atoms. The number of nitrogen functional groups attached to an aromatic ring is 1. The molecule has 0 aromatic heterocycles. The number of hydrogen-bond donors (Lipinski definition) is 2. The van der Waals surface area contributed by atoms with Gasteiger partial charge in [0.2, 0.25) is 5.91 Å². The Morgan fingerprint density at radius 2 is 1.86 bits per heavy atom. The van der Waals surface area contributed by atoms with E-state index in [4.69, 9.17) is 28.9 Å². The normalized spacial score (nSPS) is 10.8. The fourth-order valence-corrected chi connectivity index (χ4v) is 2.96. The van der Waals surface area contributed by atoms with Crippen LogP contribution >= 0.6 is 39.1 Å². The molecule has 3 nitrogen and oxygen atoms in total. The summed E-state index contributed by atoms with van der Waals surface area (Å²) in [5.74, 6) is -0.330. The number of nitrogens with two attached hydrogens (primary N) is 1. The zero-order valence-electron chi connectivity index (χ0n) is 10.7. The second-order valence-corrected chi connectivity index (χ2v) is 5.97. The van der Waals surface area contributed by atoms with E-state index in [0.29, 0.717) is 21.4 Å². The molecule has 0 saturated heterocycles. The van der Waals surface area contributed by atoms with E-state index in [1.165, 1.54) is 6.08 Å². The minimum atomic E-state index is -0.330. The summed E-state index contributed by atoms with van der Waals surface area (Å²) in [7, 11) is 0. The maximum absolute atomic E-state index is 11.9. The maximum atomic E-state index is 11.9. The van der Waals surface area contributed by atoms with Gasteiger partial charge in [0.1, 0.15) is 0 Å². The topological polar surface area (TPSA) is 55.1 Å². The van der Waals surface area contributed by atoms with Crippen LogP contribution < -0.4 is 11.1 Å². The van der Waals surface area contributed by atoms with E-state index in [1.807, 2.05) is 12.1 Å². The third-order valence-corrected chi connectivity index (χ3v) is 3.65. The van der Waals surface area contributed by atoms with E-state index in [1.54, 1.807) is 30.3 Å². The van der Waals surface area contributed by atoms with Gasteiger partial charge in [0, 0.05) is 16.2 Å². The number of carbonyl (C=O) groups excluding carboxylic acids is 1. The first-order valence-corrected chi connectivity index (χ1v) is 7.50. The Labute approximate surface area is 140 Å². The molecule has 0 heterocycles. The number of rotatable bonds is 3. The predicted octanol–water partition coefficient (Wildman–Crippen LogP) is 4.99. The molecule has 0 aliphatic rings. The minimum Gasteiger partial charge on any atom is -0.399 e. The van der Waals surface area contributed by atoms with E-state index in [0.717, 1.165) is 10.0 Å². The van der Waals surface area contributed by atoms with Crippen molar-refractivity contribution >= 4 is 62.5 Å². The van der Waals surface area contributed by atoms with Gasteiger partial charge in [-0.25, -0.2) is 0 Å². The Balaban J connectivity index is 2.12. The summed E-state index contributed by atoms with van der Waals surface area (Å²) < 4.78 is 0.741. The third-order valence-electron chi connectivity index (χ3n) is 2.59. The maximum Gasteiger partial charge on any atom is 0.248 e. The molecule has 1 amide bonds. The van der Waals surface area contributed by atoms with Crippen molar-refractivity contribution in [1.29, 1.82) is 0 Å². The molecule has 0 saturated carbocycles. The van der Waals surface area contributed by atoms with Crippen LogP contribution in [0.5, 0.6) is 0 Å². The van der Waals surface area contributed by atoms with Crippen molar-refractivity contribution in [3.63, 3.8) is 0 Å². The van der Waals surface area contributed by atoms with Gasteiger partial charge in [-0.2, -0.15) is 0 Å². The molecular weight excluding hydrogens is 375 g/mol. The van der Waals surface area contributed by atoms with Gasteiger partial charge in [0.05, 0.1) is 15.7 Å². The van der Waals surface area contributed by atoms with Gasteiger partial charge in [-0.15, -0.1) is 0 Å². The molecule has 0 bridgehead atoms. The van der Waals surface area contributed by atoms with Gasteiger partial charge in [-0.1, -0.05) is 51.3 Å². The van der Waals surface area contributed by atoms with Crippen molar-refractivity contribution in [1.82, 2.24) is 0 Å². The third kappa shape index (κ3) is 4.49. The van der Waals surface area contributed by atoms with Crippen LogP contribution in [0.15, 0.2) is 46.9 Å². The molecule has 108 valence electrons. The van der Waals surface area contributed by atoms with Gasteiger partial charge in [-0.3, -0.25) is 4.79 Å². The highest BCUT2D eigenvalue weighted by atomic mass is 79.9. The Hall–Kier alpha value is -1.49. The van der Waals surface area contributed by atoms with Crippen LogP contribution in [-0.4, -0.2) is 5.91 Å². The molecule has 21 heavy (non-hydrogen) atoms. The highest BCUT2D eigenvalue weighted by molar-refractivity contribution is 9.10. The van der Waals surface area contributed by atoms with Gasteiger partial charge in [-0.05, 0) is 35.9 Å². The summed E-state index contributed by atoms with van der Waals surface area (Å²) >= 11 is 15.4. The van der Waals surface area contributed by atoms with Gasteiger partial charge >= 0.3 is 0 Å². The molecular formula is C15H11BrCl2N2O. The van der Waals surface area contributed by atoms with Gasteiger partial charge < -0.3 is 11.1 Å². The number of amides is 1. The van der Waals surface area contributed by atoms with E-state index in [-0.39, 0.29) is 5.91 Å². The first-order chi connectivity index (χ1) is 9.95. The largest absolute Gasteiger partial charge is 0.399 e. The van der Waals surface area contributed by atoms with Crippen LogP contribution in [-0.2, 0) is 4.79 Å². The lowest BCUT2D eigenvalue weighted by molar-refractivity contribution is -0.111. The second-order valence-electron chi connectivity index (χ2n) is 4.24. The van der Waals surface area contributed by atoms with E-state index >= 15 is 0 Å². The van der Waals surface area contributed by atoms with Crippen molar-refractivity contribution in [2.75, 3.05) is 11.1 Å². The van der Waals surface area contributed by atoms with Crippen molar-refractivity contribution in [2.24, 2.45) is 0 Å². The van der Waals surface area contributed by atoms with Crippen molar-refractivity contribution in [3.05, 3.63) is 62.6 Å². The summed E-state index contributed by atoms with van der Waals surface area (Å²) in [6, 6.07) is 10.5. The molecule has 0 unspecified atom stereocenters. The molecule has 2 aromatic rings. The summed E-state index contributed by atoms with van der Waals surface area (Å²) in [4.78, 5) is 11.9. The quantitative estimate of drug-likeness (QED) is 0.577. The van der Waals surface area contributed by atoms with Crippen LogP contribution in [0.4, 0.5) is 11.4 Å². The van der Waals surface area contributed by atoms with Crippen molar-refractivity contribution in [2.45, 2.75) is 0 Å². The number of nitrogens with one attached hydrogen (secondary N) is 1. The average molecular weight is 386 g/mol. The van der Waals surface area contributed by atoms with Crippen LogP contribution in [0.2, 0.25) is 10.0 Å². The van der Waals surface area contributed by atoms with E-state index in [2.05, 4.69) is 21.2 Å². The number of anilines is 2. The fourth-order valence-electron chi connectivity index (χ4n) is 1.66. The lowest BCUT2D eigenvalue weighted by Crippen LogP contribution is -2.08. The van der Waals surface area contributed by atoms with Crippen molar-refractivity contribution in [3.8, 4) is 0 Å². The minimum absolute atomic E-state index is 0.330. The Morgan fingerprint density at radius 3 is 2.48 bits per heavy atom. The molecule has 6 heteroatoms. The highest BCUT2D eigenvalue weighted by Gasteiger charge is 2.09. The molecule has 0 atom stereocenters. The SMILES string of the molecule is Nc1cccc(/C=C/C(=O)Nc2c(Cl)cc(Br)cc2Cl)c1. The molecule has 3 N–H and O–H groups in total. The average Bonchev–Trinajstić information content (AvgIpc) is 2.40. The fraction of sp³-hybridized carbons (Fsp3) is 0. The zero-order valence-corrected chi connectivity index (χ0v) is 13.8. The monoisotopic (exact) mass is 384 g/mol. The number of hydrogen-bond acceptors (Lipinski definition) is 2. The lowest BCUT2D eigenvalue weighted by atomic mass is 10.2. The van der Waals surface area contributed by atoms with Crippen LogP contribution in [0.3, 0.4) is 0 Å². The molecule has 2 rings (SSSR count). The summed E-state index contributed by atoms with van der Waals surface area (Å²) in [5.41, 5.74) is 7.51. The standard InChI is InChI=1S/C15H11BrCl2N2O/c16-10-7-12(17)15(13(18)8-10)20-14(21)5-4-9-2-1-3-11(19)6-9/h1-8H,19H2,(H,20,21)/b5-4+. The first kappa shape index (κ1) is 15.9. The molecule has 2 aromatic carbocycles. The Morgan fingerprint density at radius 1 is 1.19 bits per heavy atom. The van der Waals surface area contributed by atoms with Gasteiger partial charge in [0.15, 0.2) is 0 Å². The summed E-state index contributed by atoms with van der Waals surface area (Å²) in [6.07, 6.45) is 3.05. The van der Waals surface area contributed by atoms with E-state index < -0.39 is 0 Å². The molecule has 0 fully saturated rings. The Bertz CT molecular complexity index is 694. The molecule has 0 aliphatic heterocycles. The smallest absolute Gasteiger partial charge is 0.248 e. The molecule has 0 aliphatic carbocycles. The van der Waals surface area contributed by atoms with Gasteiger partial charge in [0.25, 0.3) is 0 Å². The van der Waals surface area contributed by atoms with E-state index in [9.17, 15) is 4.79 Å². The second kappa shape index (κ2) is 6.98. The number of carbonyl (C=O) groups is 1. The first-order valence-electron chi connectivity index (χ1n) is 5.95. The zero-order chi connectivity index (χ0) is 15.4. The number of halogens is 3. The highest BCUT2D eigenvalue weighted by Crippen LogP contribution is 2.33. The van der Waals surface area contributed by atoms with Crippen LogP contribution in [0.1, 0.15) is 5.56 Å². The molecule has 0 radical (unpaired) electrons. The Kier molecular flexibility index (Phi) is 5.28. The van der Waals surface area contributed by atoms with Crippen LogP contribution in [0, 0.1) is 0 Å². The summed E-state index contributed by atoms with van der Waals surface area (Å²) in [5, 5.41) is 3.37. The lowest BCUT2D eigenvalue weighted by Gasteiger charge is -2.08. The summed E-state index contributed by atoms with van der Waals surface area (Å²) in [6.45, 7) is 0. The van der Waals surface area contributed by atoms with Crippen LogP contribution in [0.25, 0.3) is 6.08 Å². The number of benzene rings is 2. The van der Waals surface area contributed by atoms with Crippen molar-refractivity contribution < 1.29 is 4.79 Å². The predicted molar refractivity (Wildman–Crippen MR) is 92.7 cm³/mol.